The summed E-state index contributed by atoms with van der Waals surface area (Å²) >= 11 is 0. The highest BCUT2D eigenvalue weighted by Crippen LogP contribution is 2.29. The molecule has 0 heterocycles. The van der Waals surface area contributed by atoms with Crippen molar-refractivity contribution in [3.63, 3.8) is 0 Å². The van der Waals surface area contributed by atoms with Crippen molar-refractivity contribution in [3.05, 3.63) is 29.3 Å². The van der Waals surface area contributed by atoms with E-state index in [-0.39, 0.29) is 16.8 Å². The van der Waals surface area contributed by atoms with E-state index in [4.69, 9.17) is 4.74 Å². The predicted molar refractivity (Wildman–Crippen MR) is 106 cm³/mol. The van der Waals surface area contributed by atoms with E-state index >= 15 is 0 Å². The Morgan fingerprint density at radius 3 is 2.54 bits per heavy atom. The highest BCUT2D eigenvalue weighted by Gasteiger charge is 2.28. The molecule has 0 bridgehead atoms. The molecule has 7 nitrogen and oxygen atoms in total. The molecule has 1 aliphatic carbocycles. The molecule has 0 aliphatic heterocycles. The van der Waals surface area contributed by atoms with Gasteiger partial charge in [-0.2, -0.15) is 4.72 Å². The number of esters is 1. The van der Waals surface area contributed by atoms with Crippen molar-refractivity contribution in [1.82, 2.24) is 10.0 Å². The first-order valence-electron chi connectivity index (χ1n) is 9.62. The number of carbonyl (C=O) groups is 2. The predicted octanol–water partition coefficient (Wildman–Crippen LogP) is 2.07. The van der Waals surface area contributed by atoms with Gasteiger partial charge < -0.3 is 10.1 Å². The molecule has 1 aliphatic rings. The molecule has 2 rings (SSSR count). The number of benzene rings is 1. The Balaban J connectivity index is 1.79. The number of amides is 1. The van der Waals surface area contributed by atoms with Gasteiger partial charge in [-0.1, -0.05) is 32.8 Å². The lowest BCUT2D eigenvalue weighted by Crippen LogP contribution is -2.45. The van der Waals surface area contributed by atoms with Crippen molar-refractivity contribution in [1.29, 1.82) is 0 Å². The molecule has 28 heavy (non-hydrogen) atoms. The molecule has 1 aromatic rings. The van der Waals surface area contributed by atoms with Crippen LogP contribution in [0.2, 0.25) is 0 Å². The van der Waals surface area contributed by atoms with Crippen LogP contribution < -0.4 is 10.0 Å². The topological polar surface area (TPSA) is 102 Å². The third-order valence-corrected chi connectivity index (χ3v) is 7.01. The fourth-order valence-electron chi connectivity index (χ4n) is 3.35. The largest absolute Gasteiger partial charge is 0.455 e. The Kier molecular flexibility index (Phi) is 7.60. The first-order chi connectivity index (χ1) is 13.1. The lowest BCUT2D eigenvalue weighted by Gasteiger charge is -2.34. The summed E-state index contributed by atoms with van der Waals surface area (Å²) in [5.74, 6) is -0.247. The van der Waals surface area contributed by atoms with Crippen LogP contribution in [0.1, 0.15) is 44.2 Å². The van der Waals surface area contributed by atoms with Gasteiger partial charge in [0.1, 0.15) is 6.54 Å². The summed E-state index contributed by atoms with van der Waals surface area (Å²) in [6, 6.07) is 4.82. The van der Waals surface area contributed by atoms with E-state index < -0.39 is 29.1 Å². The summed E-state index contributed by atoms with van der Waals surface area (Å²) < 4.78 is 31.6. The van der Waals surface area contributed by atoms with E-state index in [9.17, 15) is 18.0 Å². The van der Waals surface area contributed by atoms with Gasteiger partial charge in [0.25, 0.3) is 5.91 Å². The SMILES string of the molecule is Cc1ccc(S(=O)(=O)NCC(=O)OCC(=O)N[C@H]2CCC[C@H](C)[C@H]2C)cc1C. The molecular weight excluding hydrogens is 380 g/mol. The molecule has 0 saturated heterocycles. The summed E-state index contributed by atoms with van der Waals surface area (Å²) in [5, 5.41) is 2.91. The zero-order valence-electron chi connectivity index (χ0n) is 16.9. The van der Waals surface area contributed by atoms with Gasteiger partial charge in [0.15, 0.2) is 6.61 Å². The third-order valence-electron chi connectivity index (χ3n) is 5.61. The van der Waals surface area contributed by atoms with Crippen LogP contribution in [0.5, 0.6) is 0 Å². The summed E-state index contributed by atoms with van der Waals surface area (Å²) in [7, 11) is -3.82. The van der Waals surface area contributed by atoms with Gasteiger partial charge in [-0.15, -0.1) is 0 Å². The summed E-state index contributed by atoms with van der Waals surface area (Å²) in [6.45, 7) is 7.04. The average Bonchev–Trinajstić information content (AvgIpc) is 2.64. The number of ether oxygens (including phenoxy) is 1. The van der Waals surface area contributed by atoms with E-state index in [2.05, 4.69) is 23.9 Å². The van der Waals surface area contributed by atoms with E-state index in [1.807, 2.05) is 13.8 Å². The minimum atomic E-state index is -3.82. The Hall–Kier alpha value is -1.93. The molecular formula is C20H30N2O5S. The quantitative estimate of drug-likeness (QED) is 0.670. The number of hydrogen-bond donors (Lipinski definition) is 2. The van der Waals surface area contributed by atoms with Crippen molar-refractivity contribution in [3.8, 4) is 0 Å². The van der Waals surface area contributed by atoms with E-state index in [1.54, 1.807) is 12.1 Å². The second-order valence-corrected chi connectivity index (χ2v) is 9.44. The molecule has 2 N–H and O–H groups in total. The van der Waals surface area contributed by atoms with Crippen LogP contribution in [0.4, 0.5) is 0 Å². The van der Waals surface area contributed by atoms with Crippen LogP contribution in [0.3, 0.4) is 0 Å². The number of sulfonamides is 1. The Labute approximate surface area is 167 Å². The van der Waals surface area contributed by atoms with Crippen molar-refractivity contribution < 1.29 is 22.7 Å². The Morgan fingerprint density at radius 2 is 1.86 bits per heavy atom. The van der Waals surface area contributed by atoms with Gasteiger partial charge >= 0.3 is 5.97 Å². The summed E-state index contributed by atoms with van der Waals surface area (Å²) in [5.41, 5.74) is 1.82. The zero-order valence-corrected chi connectivity index (χ0v) is 17.8. The van der Waals surface area contributed by atoms with Crippen molar-refractivity contribution in [2.75, 3.05) is 13.2 Å². The second-order valence-electron chi connectivity index (χ2n) is 7.67. The first-order valence-corrected chi connectivity index (χ1v) is 11.1. The van der Waals surface area contributed by atoms with Gasteiger partial charge in [-0.3, -0.25) is 9.59 Å². The first kappa shape index (κ1) is 22.4. The van der Waals surface area contributed by atoms with Gasteiger partial charge in [0, 0.05) is 6.04 Å². The monoisotopic (exact) mass is 410 g/mol. The lowest BCUT2D eigenvalue weighted by molar-refractivity contribution is -0.147. The summed E-state index contributed by atoms with van der Waals surface area (Å²) in [4.78, 5) is 23.9. The Bertz CT molecular complexity index is 822. The fourth-order valence-corrected chi connectivity index (χ4v) is 4.40. The van der Waals surface area contributed by atoms with Crippen molar-refractivity contribution in [2.24, 2.45) is 11.8 Å². The third kappa shape index (κ3) is 6.04. The van der Waals surface area contributed by atoms with Crippen LogP contribution in [-0.2, 0) is 24.3 Å². The average molecular weight is 411 g/mol. The maximum atomic E-state index is 12.3. The molecule has 1 saturated carbocycles. The molecule has 8 heteroatoms. The van der Waals surface area contributed by atoms with E-state index in [0.717, 1.165) is 30.4 Å². The van der Waals surface area contributed by atoms with Gasteiger partial charge in [0.05, 0.1) is 4.90 Å². The van der Waals surface area contributed by atoms with Crippen LogP contribution in [0.25, 0.3) is 0 Å². The number of nitrogens with one attached hydrogen (secondary N) is 2. The lowest BCUT2D eigenvalue weighted by atomic mass is 9.78. The van der Waals surface area contributed by atoms with Gasteiger partial charge in [0.2, 0.25) is 10.0 Å². The van der Waals surface area contributed by atoms with E-state index in [0.29, 0.717) is 11.8 Å². The van der Waals surface area contributed by atoms with Gasteiger partial charge in [-0.05, 0) is 55.4 Å². The zero-order chi connectivity index (χ0) is 20.9. The molecule has 1 fully saturated rings. The number of hydrogen-bond acceptors (Lipinski definition) is 5. The van der Waals surface area contributed by atoms with Crippen molar-refractivity contribution in [2.45, 2.75) is 57.9 Å². The minimum absolute atomic E-state index is 0.0817. The van der Waals surface area contributed by atoms with Gasteiger partial charge in [-0.25, -0.2) is 8.42 Å². The van der Waals surface area contributed by atoms with Crippen LogP contribution >= 0.6 is 0 Å². The normalized spacial score (nSPS) is 22.5. The number of aryl methyl sites for hydroxylation is 2. The van der Waals surface area contributed by atoms with Crippen molar-refractivity contribution >= 4 is 21.9 Å². The van der Waals surface area contributed by atoms with Crippen LogP contribution in [0, 0.1) is 25.7 Å². The second kappa shape index (κ2) is 9.52. The Morgan fingerprint density at radius 1 is 1.14 bits per heavy atom. The molecule has 156 valence electrons. The highest BCUT2D eigenvalue weighted by molar-refractivity contribution is 7.89. The molecule has 0 aromatic heterocycles. The van der Waals surface area contributed by atoms with E-state index in [1.165, 1.54) is 6.07 Å². The molecule has 1 aromatic carbocycles. The number of carbonyl (C=O) groups excluding carboxylic acids is 2. The maximum absolute atomic E-state index is 12.3. The van der Waals surface area contributed by atoms with Crippen LogP contribution in [-0.4, -0.2) is 39.5 Å². The van der Waals surface area contributed by atoms with Crippen LogP contribution in [0.15, 0.2) is 23.1 Å². The smallest absolute Gasteiger partial charge is 0.321 e. The molecule has 0 radical (unpaired) electrons. The highest BCUT2D eigenvalue weighted by atomic mass is 32.2. The minimum Gasteiger partial charge on any atom is -0.455 e. The standard InChI is InChI=1S/C20H30N2O5S/c1-13-8-9-17(10-15(13)3)28(25,26)21-11-20(24)27-12-19(23)22-18-7-5-6-14(2)16(18)4/h8-10,14,16,18,21H,5-7,11-12H2,1-4H3,(H,22,23)/t14-,16+,18-/m0/s1. The number of rotatable bonds is 7. The fraction of sp³-hybridized carbons (Fsp3) is 0.600. The molecule has 0 spiro atoms. The molecule has 3 atom stereocenters. The molecule has 0 unspecified atom stereocenters. The molecule has 1 amide bonds. The maximum Gasteiger partial charge on any atom is 0.321 e. The summed E-state index contributed by atoms with van der Waals surface area (Å²) in [6.07, 6.45) is 3.14.